The molecule has 0 saturated heterocycles. The SMILES string of the molecule is CN=C(NC)/C(=C/c1ccc(OCc2ccc(C(F)(F)F)cc2P(F)F)c(C(=O)O)c1)SC=O. The normalized spacial score (nSPS) is 12.6. The van der Waals surface area contributed by atoms with Gasteiger partial charge in [0.2, 0.25) is 0 Å². The number of thioether (sulfide) groups is 1. The number of alkyl halides is 3. The summed E-state index contributed by atoms with van der Waals surface area (Å²) in [6.45, 7) is -0.561. The van der Waals surface area contributed by atoms with E-state index in [-0.39, 0.29) is 16.9 Å². The van der Waals surface area contributed by atoms with E-state index in [0.29, 0.717) is 34.1 Å². The first-order chi connectivity index (χ1) is 16.0. The number of nitrogens with zero attached hydrogens (tertiary/aromatic N) is 1. The highest BCUT2D eigenvalue weighted by atomic mass is 32.2. The lowest BCUT2D eigenvalue weighted by Crippen LogP contribution is -2.19. The number of ether oxygens (including phenoxy) is 1. The maximum absolute atomic E-state index is 13.4. The first-order valence-electron chi connectivity index (χ1n) is 9.30. The predicted molar refractivity (Wildman–Crippen MR) is 123 cm³/mol. The van der Waals surface area contributed by atoms with Crippen LogP contribution >= 0.6 is 20.3 Å². The molecule has 0 bridgehead atoms. The summed E-state index contributed by atoms with van der Waals surface area (Å²) in [4.78, 5) is 27.1. The van der Waals surface area contributed by atoms with Crippen molar-refractivity contribution in [3.8, 4) is 5.75 Å². The molecule has 2 N–H and O–H groups in total. The molecule has 0 atom stereocenters. The van der Waals surface area contributed by atoms with E-state index in [1.807, 2.05) is 0 Å². The molecule has 2 aromatic carbocycles. The molecule has 0 unspecified atom stereocenters. The zero-order valence-electron chi connectivity index (χ0n) is 17.7. The minimum atomic E-state index is -4.78. The van der Waals surface area contributed by atoms with E-state index >= 15 is 0 Å². The quantitative estimate of drug-likeness (QED) is 0.152. The number of aliphatic imine (C=N–C) groups is 1. The average molecular weight is 520 g/mol. The highest BCUT2D eigenvalue weighted by molar-refractivity contribution is 8.16. The monoisotopic (exact) mass is 520 g/mol. The van der Waals surface area contributed by atoms with Crippen LogP contribution in [0.25, 0.3) is 6.08 Å². The van der Waals surface area contributed by atoms with Gasteiger partial charge in [-0.3, -0.25) is 9.79 Å². The molecule has 0 saturated carbocycles. The van der Waals surface area contributed by atoms with Crippen LogP contribution in [0.5, 0.6) is 5.75 Å². The average Bonchev–Trinajstić information content (AvgIpc) is 2.78. The fourth-order valence-electron chi connectivity index (χ4n) is 2.81. The van der Waals surface area contributed by atoms with E-state index in [0.717, 1.165) is 17.8 Å². The fourth-order valence-corrected chi connectivity index (χ4v) is 4.02. The van der Waals surface area contributed by atoms with Crippen LogP contribution in [0.4, 0.5) is 21.6 Å². The van der Waals surface area contributed by atoms with Crippen molar-refractivity contribution in [1.82, 2.24) is 5.32 Å². The lowest BCUT2D eigenvalue weighted by atomic mass is 10.1. The summed E-state index contributed by atoms with van der Waals surface area (Å²) >= 11 is 0.821. The summed E-state index contributed by atoms with van der Waals surface area (Å²) < 4.78 is 70.7. The molecule has 0 aromatic heterocycles. The number of carbonyl (C=O) groups excluding carboxylic acids is 1. The van der Waals surface area contributed by atoms with E-state index in [1.54, 1.807) is 7.05 Å². The van der Waals surface area contributed by atoms with Gasteiger partial charge in [-0.2, -0.15) is 21.6 Å². The van der Waals surface area contributed by atoms with E-state index in [9.17, 15) is 36.3 Å². The third kappa shape index (κ3) is 7.01. The van der Waals surface area contributed by atoms with Crippen molar-refractivity contribution in [2.75, 3.05) is 14.1 Å². The number of nitrogens with one attached hydrogen (secondary N) is 1. The van der Waals surface area contributed by atoms with Crippen molar-refractivity contribution in [3.05, 3.63) is 63.6 Å². The largest absolute Gasteiger partial charge is 0.488 e. The molecule has 0 aliphatic carbocycles. The molecule has 0 aliphatic rings. The van der Waals surface area contributed by atoms with Crippen LogP contribution in [0, 0.1) is 0 Å². The van der Waals surface area contributed by atoms with Crippen LogP contribution in [0.1, 0.15) is 27.0 Å². The number of hydrogen-bond donors (Lipinski definition) is 2. The summed E-state index contributed by atoms with van der Waals surface area (Å²) in [6, 6.07) is 5.93. The highest BCUT2D eigenvalue weighted by Crippen LogP contribution is 2.41. The molecule has 2 rings (SSSR count). The number of halogens is 5. The maximum atomic E-state index is 13.4. The van der Waals surface area contributed by atoms with Crippen molar-refractivity contribution in [2.24, 2.45) is 4.99 Å². The third-order valence-corrected chi connectivity index (χ3v) is 5.82. The molecule has 0 amide bonds. The Morgan fingerprint density at radius 3 is 2.47 bits per heavy atom. The summed E-state index contributed by atoms with van der Waals surface area (Å²) in [7, 11) is -0.766. The Bertz CT molecular complexity index is 1120. The molecule has 0 radical (unpaired) electrons. The van der Waals surface area contributed by atoms with Crippen molar-refractivity contribution < 1.29 is 41.0 Å². The lowest BCUT2D eigenvalue weighted by Gasteiger charge is -2.15. The second-order valence-electron chi connectivity index (χ2n) is 6.47. The first kappa shape index (κ1) is 27.3. The van der Waals surface area contributed by atoms with Gasteiger partial charge in [0, 0.05) is 25.0 Å². The van der Waals surface area contributed by atoms with E-state index < -0.39 is 38.2 Å². The topological polar surface area (TPSA) is 88.0 Å². The minimum absolute atomic E-state index is 0.167. The van der Waals surface area contributed by atoms with Crippen LogP contribution in [0.15, 0.2) is 46.3 Å². The highest BCUT2D eigenvalue weighted by Gasteiger charge is 2.32. The number of rotatable bonds is 9. The number of likely N-dealkylation sites (N-methyl/N-ethyl adjacent to an activating group) is 1. The van der Waals surface area contributed by atoms with Gasteiger partial charge in [-0.25, -0.2) is 4.79 Å². The smallest absolute Gasteiger partial charge is 0.416 e. The third-order valence-electron chi connectivity index (χ3n) is 4.38. The number of benzene rings is 2. The molecule has 0 fully saturated rings. The Hall–Kier alpha value is -2.98. The Morgan fingerprint density at radius 2 is 1.94 bits per heavy atom. The molecule has 0 heterocycles. The molecule has 6 nitrogen and oxygen atoms in total. The first-order valence-corrected chi connectivity index (χ1v) is 11.3. The maximum Gasteiger partial charge on any atom is 0.416 e. The van der Waals surface area contributed by atoms with Crippen LogP contribution in [0.2, 0.25) is 0 Å². The van der Waals surface area contributed by atoms with Gasteiger partial charge in [-0.15, -0.1) is 0 Å². The number of carbonyl (C=O) groups is 2. The second kappa shape index (κ2) is 11.9. The Balaban J connectivity index is 2.38. The fraction of sp³-hybridized carbons (Fsp3) is 0.190. The van der Waals surface area contributed by atoms with Gasteiger partial charge in [-0.1, -0.05) is 23.9 Å². The molecule has 0 spiro atoms. The van der Waals surface area contributed by atoms with Gasteiger partial charge in [0.25, 0.3) is 8.54 Å². The predicted octanol–water partition coefficient (Wildman–Crippen LogP) is 5.37. The van der Waals surface area contributed by atoms with Gasteiger partial charge in [0.1, 0.15) is 23.8 Å². The Kier molecular flexibility index (Phi) is 9.57. The molecule has 2 aromatic rings. The van der Waals surface area contributed by atoms with Crippen molar-refractivity contribution >= 4 is 49.1 Å². The summed E-state index contributed by atoms with van der Waals surface area (Å²) in [5.41, 5.74) is -0.739. The van der Waals surface area contributed by atoms with Crippen molar-refractivity contribution in [1.29, 1.82) is 0 Å². The van der Waals surface area contributed by atoms with Gasteiger partial charge >= 0.3 is 12.1 Å². The van der Waals surface area contributed by atoms with Crippen LogP contribution in [-0.4, -0.2) is 36.6 Å². The van der Waals surface area contributed by atoms with Crippen molar-refractivity contribution in [2.45, 2.75) is 12.8 Å². The van der Waals surface area contributed by atoms with Crippen molar-refractivity contribution in [3.63, 3.8) is 0 Å². The zero-order valence-corrected chi connectivity index (χ0v) is 19.4. The molecular formula is C21H18F5N2O4PS. The van der Waals surface area contributed by atoms with E-state index in [4.69, 9.17) is 4.74 Å². The van der Waals surface area contributed by atoms with E-state index in [2.05, 4.69) is 10.3 Å². The van der Waals surface area contributed by atoms with Gasteiger partial charge in [-0.05, 0) is 35.9 Å². The number of aromatic carboxylic acids is 1. The second-order valence-corrected chi connectivity index (χ2v) is 8.28. The summed E-state index contributed by atoms with van der Waals surface area (Å²) in [5, 5.41) is 11.6. The lowest BCUT2D eigenvalue weighted by molar-refractivity contribution is -0.137. The number of hydrogen-bond acceptors (Lipinski definition) is 5. The van der Waals surface area contributed by atoms with Gasteiger partial charge < -0.3 is 15.2 Å². The Morgan fingerprint density at radius 1 is 1.24 bits per heavy atom. The number of carboxylic acid groups (broad SMARTS) is 1. The zero-order chi connectivity index (χ0) is 25.5. The van der Waals surface area contributed by atoms with Gasteiger partial charge in [0.15, 0.2) is 5.62 Å². The molecule has 13 heteroatoms. The van der Waals surface area contributed by atoms with Crippen LogP contribution in [-0.2, 0) is 17.6 Å². The minimum Gasteiger partial charge on any atom is -0.488 e. The molecular weight excluding hydrogens is 502 g/mol. The number of carboxylic acids is 1. The summed E-state index contributed by atoms with van der Waals surface area (Å²) in [6.07, 6.45) is -3.27. The standard InChI is InChI=1S/C21H18F5N2O4PS/c1-27-19(28-2)18(34-11-29)8-12-3-6-16(15(7-12)20(30)31)32-10-13-4-5-14(21(22,23)24)9-17(13)33(25)26/h3-9,11H,10H2,1-2H3,(H,27,28)(H,30,31)/b18-8-. The summed E-state index contributed by atoms with van der Waals surface area (Å²) in [5.74, 6) is -1.16. The molecule has 182 valence electrons. The molecule has 34 heavy (non-hydrogen) atoms. The van der Waals surface area contributed by atoms with E-state index in [1.165, 1.54) is 31.3 Å². The van der Waals surface area contributed by atoms with Crippen LogP contribution < -0.4 is 15.4 Å². The van der Waals surface area contributed by atoms with Crippen LogP contribution in [0.3, 0.4) is 0 Å². The molecule has 0 aliphatic heterocycles. The number of amidine groups is 1. The van der Waals surface area contributed by atoms with Gasteiger partial charge in [0.05, 0.1) is 10.5 Å². The Labute approximate surface area is 196 Å².